The van der Waals surface area contributed by atoms with Gasteiger partial charge in [0.05, 0.1) is 6.07 Å². The van der Waals surface area contributed by atoms with E-state index in [9.17, 15) is 0 Å². The maximum atomic E-state index is 6.26. The highest BCUT2D eigenvalue weighted by Gasteiger charge is 2.28. The molecule has 0 saturated carbocycles. The summed E-state index contributed by atoms with van der Waals surface area (Å²) in [4.78, 5) is 0. The normalized spacial score (nSPS) is 12.3. The molecule has 21 heavy (non-hydrogen) atoms. The molecule has 0 aliphatic heterocycles. The molecule has 2 aromatic rings. The number of rotatable bonds is 2. The van der Waals surface area contributed by atoms with Gasteiger partial charge in [0.2, 0.25) is 0 Å². The van der Waals surface area contributed by atoms with Crippen molar-refractivity contribution >= 4 is 0 Å². The third kappa shape index (κ3) is 3.63. The van der Waals surface area contributed by atoms with Crippen LogP contribution >= 0.6 is 0 Å². The fraction of sp³-hybridized carbons (Fsp3) is 0.421. The van der Waals surface area contributed by atoms with E-state index in [1.165, 1.54) is 5.56 Å². The fourth-order valence-electron chi connectivity index (χ4n) is 2.35. The van der Waals surface area contributed by atoms with Crippen molar-refractivity contribution in [2.45, 2.75) is 52.5 Å². The second-order valence-corrected chi connectivity index (χ2v) is 7.43. The highest BCUT2D eigenvalue weighted by molar-refractivity contribution is 5.39. The quantitative estimate of drug-likeness (QED) is 0.721. The molecule has 0 bridgehead atoms. The largest absolute Gasteiger partial charge is 0.405 e. The SMILES string of the molecule is CC(C)(C)c1ccccc1Oc1cccc[n+]1C(C)(C)C. The predicted octanol–water partition coefficient (Wildman–Crippen LogP) is 4.82. The van der Waals surface area contributed by atoms with Gasteiger partial charge in [-0.15, -0.1) is 0 Å². The standard InChI is InChI=1S/C19H26NO/c1-18(2,3)15-11-7-8-12-16(15)21-17-13-9-10-14-20(17)19(4,5)6/h7-14H,1-6H3/q+1. The Hall–Kier alpha value is -1.83. The van der Waals surface area contributed by atoms with Gasteiger partial charge in [-0.05, 0) is 17.5 Å². The lowest BCUT2D eigenvalue weighted by atomic mass is 9.86. The first-order chi connectivity index (χ1) is 9.69. The molecule has 0 unspecified atom stereocenters. The Labute approximate surface area is 128 Å². The molecular formula is C19H26NO+. The van der Waals surface area contributed by atoms with Gasteiger partial charge < -0.3 is 4.74 Å². The molecule has 2 rings (SSSR count). The number of para-hydroxylation sites is 1. The van der Waals surface area contributed by atoms with E-state index in [0.717, 1.165) is 11.6 Å². The van der Waals surface area contributed by atoms with Crippen molar-refractivity contribution in [3.05, 3.63) is 54.2 Å². The first-order valence-electron chi connectivity index (χ1n) is 7.48. The van der Waals surface area contributed by atoms with E-state index < -0.39 is 0 Å². The summed E-state index contributed by atoms with van der Waals surface area (Å²) < 4.78 is 8.42. The number of hydrogen-bond acceptors (Lipinski definition) is 1. The van der Waals surface area contributed by atoms with Gasteiger partial charge in [0.15, 0.2) is 11.7 Å². The van der Waals surface area contributed by atoms with Crippen molar-refractivity contribution in [2.24, 2.45) is 0 Å². The van der Waals surface area contributed by atoms with E-state index in [0.29, 0.717) is 0 Å². The van der Waals surface area contributed by atoms with Crippen LogP contribution in [-0.2, 0) is 11.0 Å². The third-order valence-electron chi connectivity index (χ3n) is 3.45. The van der Waals surface area contributed by atoms with Crippen LogP contribution < -0.4 is 9.30 Å². The van der Waals surface area contributed by atoms with Crippen LogP contribution in [0.1, 0.15) is 47.1 Å². The molecule has 0 N–H and O–H groups in total. The zero-order valence-electron chi connectivity index (χ0n) is 14.0. The van der Waals surface area contributed by atoms with E-state index in [2.05, 4.69) is 64.4 Å². The van der Waals surface area contributed by atoms with Crippen LogP contribution in [0.25, 0.3) is 0 Å². The minimum atomic E-state index is -0.0206. The summed E-state index contributed by atoms with van der Waals surface area (Å²) in [5.74, 6) is 1.79. The Morgan fingerprint density at radius 2 is 1.43 bits per heavy atom. The maximum Gasteiger partial charge on any atom is 0.373 e. The van der Waals surface area contributed by atoms with Crippen molar-refractivity contribution in [3.8, 4) is 11.6 Å². The van der Waals surface area contributed by atoms with E-state index in [1.807, 2.05) is 30.3 Å². The van der Waals surface area contributed by atoms with Crippen molar-refractivity contribution < 1.29 is 9.30 Å². The summed E-state index contributed by atoms with van der Waals surface area (Å²) >= 11 is 0. The molecule has 0 aliphatic carbocycles. The van der Waals surface area contributed by atoms with Crippen molar-refractivity contribution in [2.75, 3.05) is 0 Å². The molecule has 1 aromatic carbocycles. The van der Waals surface area contributed by atoms with Crippen molar-refractivity contribution in [3.63, 3.8) is 0 Å². The summed E-state index contributed by atoms with van der Waals surface area (Å²) in [6.45, 7) is 13.1. The molecule has 0 atom stereocenters. The zero-order valence-corrected chi connectivity index (χ0v) is 14.0. The Morgan fingerprint density at radius 3 is 2.05 bits per heavy atom. The Morgan fingerprint density at radius 1 is 0.810 bits per heavy atom. The molecule has 0 fully saturated rings. The number of ether oxygens (including phenoxy) is 1. The van der Waals surface area contributed by atoms with Gasteiger partial charge in [0.25, 0.3) is 0 Å². The van der Waals surface area contributed by atoms with Gasteiger partial charge in [-0.2, -0.15) is 4.57 Å². The average Bonchev–Trinajstić information content (AvgIpc) is 2.37. The molecule has 0 amide bonds. The minimum absolute atomic E-state index is 0.0206. The molecule has 0 spiro atoms. The second kappa shape index (κ2) is 5.51. The lowest BCUT2D eigenvalue weighted by Crippen LogP contribution is -2.50. The Bertz CT molecular complexity index is 562. The molecule has 1 aromatic heterocycles. The first-order valence-corrected chi connectivity index (χ1v) is 7.48. The average molecular weight is 284 g/mol. The van der Waals surface area contributed by atoms with Gasteiger partial charge in [0, 0.05) is 32.4 Å². The number of hydrogen-bond donors (Lipinski definition) is 0. The van der Waals surface area contributed by atoms with Crippen LogP contribution in [0.2, 0.25) is 0 Å². The van der Waals surface area contributed by atoms with Crippen LogP contribution in [-0.4, -0.2) is 0 Å². The van der Waals surface area contributed by atoms with Gasteiger partial charge in [-0.3, -0.25) is 0 Å². The Balaban J connectivity index is 2.45. The molecule has 2 heteroatoms. The fourth-order valence-corrected chi connectivity index (χ4v) is 2.35. The molecule has 2 nitrogen and oxygen atoms in total. The predicted molar refractivity (Wildman–Crippen MR) is 86.8 cm³/mol. The number of benzene rings is 1. The monoisotopic (exact) mass is 284 g/mol. The van der Waals surface area contributed by atoms with E-state index in [4.69, 9.17) is 4.74 Å². The third-order valence-corrected chi connectivity index (χ3v) is 3.45. The topological polar surface area (TPSA) is 13.1 Å². The summed E-state index contributed by atoms with van der Waals surface area (Å²) in [6, 6.07) is 14.3. The molecule has 0 saturated heterocycles. The van der Waals surface area contributed by atoms with Crippen LogP contribution in [0.4, 0.5) is 0 Å². The second-order valence-electron chi connectivity index (χ2n) is 7.43. The lowest BCUT2D eigenvalue weighted by Gasteiger charge is -2.23. The smallest absolute Gasteiger partial charge is 0.373 e. The minimum Gasteiger partial charge on any atom is -0.405 e. The molecule has 1 heterocycles. The van der Waals surface area contributed by atoms with Gasteiger partial charge in [0.1, 0.15) is 5.75 Å². The molecular weight excluding hydrogens is 258 g/mol. The molecule has 0 radical (unpaired) electrons. The summed E-state index contributed by atoms with van der Waals surface area (Å²) in [5.41, 5.74) is 1.25. The van der Waals surface area contributed by atoms with Gasteiger partial charge in [-0.1, -0.05) is 39.0 Å². The van der Waals surface area contributed by atoms with Crippen molar-refractivity contribution in [1.82, 2.24) is 0 Å². The van der Waals surface area contributed by atoms with Crippen LogP contribution in [0, 0.1) is 0 Å². The maximum absolute atomic E-state index is 6.26. The van der Waals surface area contributed by atoms with Crippen molar-refractivity contribution in [1.29, 1.82) is 0 Å². The van der Waals surface area contributed by atoms with E-state index >= 15 is 0 Å². The molecule has 112 valence electrons. The lowest BCUT2D eigenvalue weighted by molar-refractivity contribution is -0.756. The van der Waals surface area contributed by atoms with Crippen LogP contribution in [0.3, 0.4) is 0 Å². The van der Waals surface area contributed by atoms with Gasteiger partial charge >= 0.3 is 5.88 Å². The van der Waals surface area contributed by atoms with E-state index in [-0.39, 0.29) is 11.0 Å². The van der Waals surface area contributed by atoms with Crippen LogP contribution in [0.5, 0.6) is 11.6 Å². The number of pyridine rings is 1. The summed E-state index contributed by atoms with van der Waals surface area (Å²) in [6.07, 6.45) is 2.06. The Kier molecular flexibility index (Phi) is 4.08. The van der Waals surface area contributed by atoms with E-state index in [1.54, 1.807) is 0 Å². The zero-order chi connectivity index (χ0) is 15.7. The number of nitrogens with zero attached hydrogens (tertiary/aromatic N) is 1. The number of aromatic nitrogens is 1. The highest BCUT2D eigenvalue weighted by atomic mass is 16.5. The first kappa shape index (κ1) is 15.6. The van der Waals surface area contributed by atoms with Gasteiger partial charge in [-0.25, -0.2) is 0 Å². The summed E-state index contributed by atoms with van der Waals surface area (Å²) in [7, 11) is 0. The molecule has 0 aliphatic rings. The highest BCUT2D eigenvalue weighted by Crippen LogP contribution is 2.33. The van der Waals surface area contributed by atoms with Crippen LogP contribution in [0.15, 0.2) is 48.7 Å². The summed E-state index contributed by atoms with van der Waals surface area (Å²) in [5, 5.41) is 0.